The fraction of sp³-hybridized carbons (Fsp3) is 0.188. The van der Waals surface area contributed by atoms with Crippen LogP contribution >= 0.6 is 0 Å². The van der Waals surface area contributed by atoms with Crippen molar-refractivity contribution in [3.63, 3.8) is 0 Å². The van der Waals surface area contributed by atoms with Gasteiger partial charge in [-0.1, -0.05) is 30.3 Å². The Morgan fingerprint density at radius 1 is 0.958 bits per heavy atom. The molecule has 0 atom stereocenters. The fourth-order valence-corrected chi connectivity index (χ4v) is 3.13. The summed E-state index contributed by atoms with van der Waals surface area (Å²) in [6.07, 6.45) is 3.19. The third-order valence-corrected chi connectivity index (χ3v) is 4.29. The van der Waals surface area contributed by atoms with Gasteiger partial charge < -0.3 is 14.5 Å². The van der Waals surface area contributed by atoms with E-state index in [1.807, 2.05) is 18.2 Å². The van der Waals surface area contributed by atoms with Crippen molar-refractivity contribution < 1.29 is 0 Å². The van der Waals surface area contributed by atoms with Crippen LogP contribution in [0.25, 0.3) is 22.6 Å². The normalized spacial score (nSPS) is 14.1. The molecule has 0 amide bonds. The molecule has 0 fully saturated rings. The summed E-state index contributed by atoms with van der Waals surface area (Å²) in [5.74, 6) is 2.71. The molecule has 0 saturated heterocycles. The van der Waals surface area contributed by atoms with Crippen molar-refractivity contribution in [2.75, 3.05) is 11.4 Å². The Morgan fingerprint density at radius 3 is 2.79 bits per heavy atom. The number of hydrogen-bond donors (Lipinski definition) is 1. The minimum absolute atomic E-state index is 0.658. The molecule has 1 aromatic carbocycles. The molecule has 1 aliphatic rings. The van der Waals surface area contributed by atoms with E-state index in [0.717, 1.165) is 41.6 Å². The molecule has 0 spiro atoms. The van der Waals surface area contributed by atoms with Crippen LogP contribution in [0.3, 0.4) is 0 Å². The number of aromatic amines is 1. The van der Waals surface area contributed by atoms with Gasteiger partial charge in [-0.2, -0.15) is 0 Å². The lowest BCUT2D eigenvalue weighted by Gasteiger charge is -2.28. The van der Waals surface area contributed by atoms with Gasteiger partial charge in [0.2, 0.25) is 0 Å². The number of rotatable bonds is 2. The van der Waals surface area contributed by atoms with E-state index in [1.54, 1.807) is 12.7 Å². The zero-order valence-electron chi connectivity index (χ0n) is 12.8. The number of nitrogens with one attached hydrogen (secondary N) is 1. The van der Waals surface area contributed by atoms with Crippen LogP contribution in [0.15, 0.2) is 43.0 Å². The molecular weight excluding hydrogens is 304 g/mol. The first-order chi connectivity index (χ1) is 11.9. The van der Waals surface area contributed by atoms with Gasteiger partial charge in [-0.05, 0) is 0 Å². The number of aromatic nitrogens is 7. The lowest BCUT2D eigenvalue weighted by Crippen LogP contribution is -2.34. The number of benzene rings is 1. The first-order valence-corrected chi connectivity index (χ1v) is 7.77. The molecule has 4 heterocycles. The molecule has 3 aromatic heterocycles. The Hall–Kier alpha value is -3.29. The second kappa shape index (κ2) is 5.12. The van der Waals surface area contributed by atoms with Crippen LogP contribution in [0, 0.1) is 0 Å². The van der Waals surface area contributed by atoms with E-state index in [0.29, 0.717) is 12.2 Å². The van der Waals surface area contributed by atoms with Crippen LogP contribution in [0.2, 0.25) is 0 Å². The van der Waals surface area contributed by atoms with Crippen molar-refractivity contribution in [3.8, 4) is 11.4 Å². The van der Waals surface area contributed by atoms with Gasteiger partial charge in [-0.15, -0.1) is 10.2 Å². The molecule has 0 saturated carbocycles. The first kappa shape index (κ1) is 13.2. The number of anilines is 1. The smallest absolute Gasteiger partial charge is 0.182 e. The minimum Gasteiger partial charge on any atom is -0.345 e. The lowest BCUT2D eigenvalue weighted by atomic mass is 10.2. The second-order valence-electron chi connectivity index (χ2n) is 5.68. The van der Waals surface area contributed by atoms with Gasteiger partial charge in [0.05, 0.1) is 12.9 Å². The molecular formula is C16H14N8. The summed E-state index contributed by atoms with van der Waals surface area (Å²) in [6, 6.07) is 10.2. The molecule has 0 radical (unpaired) electrons. The van der Waals surface area contributed by atoms with E-state index in [1.165, 1.54) is 0 Å². The van der Waals surface area contributed by atoms with Crippen LogP contribution in [-0.4, -0.2) is 41.2 Å². The zero-order valence-corrected chi connectivity index (χ0v) is 12.8. The average molecular weight is 318 g/mol. The van der Waals surface area contributed by atoms with Gasteiger partial charge in [0.15, 0.2) is 23.1 Å². The molecule has 24 heavy (non-hydrogen) atoms. The van der Waals surface area contributed by atoms with Crippen LogP contribution < -0.4 is 4.90 Å². The quantitative estimate of drug-likeness (QED) is 0.604. The van der Waals surface area contributed by atoms with E-state index < -0.39 is 0 Å². The fourth-order valence-electron chi connectivity index (χ4n) is 3.13. The lowest BCUT2D eigenvalue weighted by molar-refractivity contribution is 0.560. The summed E-state index contributed by atoms with van der Waals surface area (Å²) < 4.78 is 2.18. The number of hydrogen-bond acceptors (Lipinski definition) is 6. The maximum Gasteiger partial charge on any atom is 0.182 e. The average Bonchev–Trinajstić information content (AvgIpc) is 3.28. The van der Waals surface area contributed by atoms with Crippen LogP contribution in [0.4, 0.5) is 5.82 Å². The number of H-pyrrole nitrogens is 1. The monoisotopic (exact) mass is 318 g/mol. The number of nitrogens with zero attached hydrogens (tertiary/aromatic N) is 7. The Balaban J connectivity index is 1.52. The third kappa shape index (κ3) is 1.96. The number of fused-ring (bicyclic) bond motifs is 2. The van der Waals surface area contributed by atoms with E-state index in [9.17, 15) is 0 Å². The van der Waals surface area contributed by atoms with Gasteiger partial charge in [0.25, 0.3) is 0 Å². The van der Waals surface area contributed by atoms with E-state index in [4.69, 9.17) is 0 Å². The van der Waals surface area contributed by atoms with E-state index >= 15 is 0 Å². The molecule has 1 aliphatic heterocycles. The topological polar surface area (TPSA) is 88.4 Å². The molecule has 0 aliphatic carbocycles. The van der Waals surface area contributed by atoms with Gasteiger partial charge in [0.1, 0.15) is 11.8 Å². The maximum atomic E-state index is 4.43. The van der Waals surface area contributed by atoms with Gasteiger partial charge in [-0.3, -0.25) is 0 Å². The summed E-state index contributed by atoms with van der Waals surface area (Å²) in [6.45, 7) is 2.30. The molecule has 0 bridgehead atoms. The van der Waals surface area contributed by atoms with Gasteiger partial charge in [-0.25, -0.2) is 15.0 Å². The molecule has 4 aromatic rings. The summed E-state index contributed by atoms with van der Waals surface area (Å²) in [4.78, 5) is 18.1. The molecule has 1 N–H and O–H groups in total. The predicted octanol–water partition coefficient (Wildman–Crippen LogP) is 1.63. The van der Waals surface area contributed by atoms with Crippen LogP contribution in [-0.2, 0) is 13.1 Å². The van der Waals surface area contributed by atoms with Crippen molar-refractivity contribution in [2.24, 2.45) is 0 Å². The molecule has 118 valence electrons. The molecule has 0 unspecified atom stereocenters. The predicted molar refractivity (Wildman–Crippen MR) is 88.2 cm³/mol. The minimum atomic E-state index is 0.658. The molecule has 8 nitrogen and oxygen atoms in total. The van der Waals surface area contributed by atoms with E-state index in [2.05, 4.69) is 51.7 Å². The largest absolute Gasteiger partial charge is 0.345 e. The summed E-state index contributed by atoms with van der Waals surface area (Å²) in [7, 11) is 0. The Kier molecular flexibility index (Phi) is 2.81. The Labute approximate surface area is 137 Å². The van der Waals surface area contributed by atoms with Gasteiger partial charge in [0, 0.05) is 18.7 Å². The van der Waals surface area contributed by atoms with E-state index in [-0.39, 0.29) is 0 Å². The van der Waals surface area contributed by atoms with Gasteiger partial charge >= 0.3 is 0 Å². The highest BCUT2D eigenvalue weighted by Gasteiger charge is 2.24. The third-order valence-electron chi connectivity index (χ3n) is 4.29. The standard InChI is InChI=1S/C16H14N8/c1-2-4-11(5-3-1)15-22-21-12-8-23(6-7-24(12)15)16-13-14(18-9-17-13)19-10-20-16/h1-5,9-10H,6-8H2,(H,17,18,19,20). The SMILES string of the molecule is c1ccc(-c2nnc3n2CCN(c2ncnc4nc[nH]c24)C3)cc1. The van der Waals surface area contributed by atoms with Crippen molar-refractivity contribution in [2.45, 2.75) is 13.1 Å². The summed E-state index contributed by atoms with van der Waals surface area (Å²) >= 11 is 0. The first-order valence-electron chi connectivity index (χ1n) is 7.77. The highest BCUT2D eigenvalue weighted by molar-refractivity contribution is 5.82. The Morgan fingerprint density at radius 2 is 1.88 bits per heavy atom. The molecule has 5 rings (SSSR count). The van der Waals surface area contributed by atoms with Crippen molar-refractivity contribution in [1.29, 1.82) is 0 Å². The van der Waals surface area contributed by atoms with Crippen LogP contribution in [0.1, 0.15) is 5.82 Å². The van der Waals surface area contributed by atoms with Crippen molar-refractivity contribution >= 4 is 17.0 Å². The zero-order chi connectivity index (χ0) is 15.9. The summed E-state index contributed by atoms with van der Waals surface area (Å²) in [5, 5.41) is 8.76. The molecule has 8 heteroatoms. The number of imidazole rings is 1. The van der Waals surface area contributed by atoms with Crippen molar-refractivity contribution in [3.05, 3.63) is 48.8 Å². The second-order valence-corrected chi connectivity index (χ2v) is 5.68. The highest BCUT2D eigenvalue weighted by atomic mass is 15.4. The van der Waals surface area contributed by atoms with Crippen LogP contribution in [0.5, 0.6) is 0 Å². The maximum absolute atomic E-state index is 4.43. The summed E-state index contributed by atoms with van der Waals surface area (Å²) in [5.41, 5.74) is 2.62. The van der Waals surface area contributed by atoms with Crippen molar-refractivity contribution in [1.82, 2.24) is 34.7 Å². The Bertz CT molecular complexity index is 1000. The highest BCUT2D eigenvalue weighted by Crippen LogP contribution is 2.26.